The van der Waals surface area contributed by atoms with Crippen molar-refractivity contribution in [3.63, 3.8) is 0 Å². The molecule has 0 saturated carbocycles. The van der Waals surface area contributed by atoms with E-state index in [0.29, 0.717) is 34.0 Å². The van der Waals surface area contributed by atoms with Gasteiger partial charge in [-0.1, -0.05) is 40.9 Å². The molecule has 0 fully saturated rings. The van der Waals surface area contributed by atoms with Crippen molar-refractivity contribution < 1.29 is 14.8 Å². The average molecular weight is 550 g/mol. The maximum Gasteiger partial charge on any atom is 0.488 e. The molecule has 0 unspecified atom stereocenters. The molecule has 1 aromatic heterocycles. The minimum atomic E-state index is -1.69. The molecule has 1 aliphatic rings. The third kappa shape index (κ3) is 5.12. The van der Waals surface area contributed by atoms with Crippen molar-refractivity contribution in [3.8, 4) is 5.69 Å². The molecule has 3 N–H and O–H groups in total. The van der Waals surface area contributed by atoms with Gasteiger partial charge in [-0.05, 0) is 63.0 Å². The Morgan fingerprint density at radius 3 is 2.44 bits per heavy atom. The van der Waals surface area contributed by atoms with Crippen molar-refractivity contribution in [2.75, 3.05) is 5.32 Å². The molecule has 4 rings (SSSR count). The molecule has 2 aromatic carbocycles. The van der Waals surface area contributed by atoms with Gasteiger partial charge in [0.05, 0.1) is 33.0 Å². The molecule has 1 amide bonds. The lowest BCUT2D eigenvalue weighted by atomic mass is 9.80. The van der Waals surface area contributed by atoms with Crippen molar-refractivity contribution in [2.45, 2.75) is 45.8 Å². The predicted octanol–water partition coefficient (Wildman–Crippen LogP) is 3.28. The number of anilines is 1. The highest BCUT2D eigenvalue weighted by atomic mass is 35.5. The highest BCUT2D eigenvalue weighted by Crippen LogP contribution is 2.28. The first-order chi connectivity index (χ1) is 17.0. The van der Waals surface area contributed by atoms with E-state index in [1.54, 1.807) is 23.1 Å². The van der Waals surface area contributed by atoms with Gasteiger partial charge >= 0.3 is 7.12 Å². The number of aromatic nitrogens is 2. The maximum absolute atomic E-state index is 13.8. The fraction of sp³-hybridized carbons (Fsp3) is 0.292. The van der Waals surface area contributed by atoms with Crippen LogP contribution in [0.5, 0.6) is 0 Å². The van der Waals surface area contributed by atoms with Crippen molar-refractivity contribution in [2.24, 2.45) is 0 Å². The van der Waals surface area contributed by atoms with Gasteiger partial charge in [0.25, 0.3) is 11.5 Å². The first-order valence-electron chi connectivity index (χ1n) is 11.3. The lowest BCUT2D eigenvalue weighted by Crippen LogP contribution is -2.46. The van der Waals surface area contributed by atoms with Crippen LogP contribution in [0.25, 0.3) is 5.69 Å². The SMILES string of the molecule is CC(C)Nc1nc2c(c(=O)n1-c1ccc(B(O)O)cc1Cl)C[C@@H](C)N(C(=O)c1ccc(Cl)c(Cl)c1)C2. The van der Waals surface area contributed by atoms with Gasteiger partial charge in [0.2, 0.25) is 5.95 Å². The number of amides is 1. The molecule has 0 radical (unpaired) electrons. The van der Waals surface area contributed by atoms with Gasteiger partial charge in [0, 0.05) is 23.2 Å². The van der Waals surface area contributed by atoms with Crippen LogP contribution in [0.4, 0.5) is 5.95 Å². The minimum Gasteiger partial charge on any atom is -0.423 e. The molecule has 8 nitrogen and oxygen atoms in total. The molecule has 0 aliphatic carbocycles. The van der Waals surface area contributed by atoms with E-state index in [1.807, 2.05) is 20.8 Å². The highest BCUT2D eigenvalue weighted by molar-refractivity contribution is 6.59. The van der Waals surface area contributed by atoms with E-state index < -0.39 is 7.12 Å². The zero-order valence-corrected chi connectivity index (χ0v) is 22.1. The van der Waals surface area contributed by atoms with Crippen LogP contribution in [0.3, 0.4) is 0 Å². The second-order valence-electron chi connectivity index (χ2n) is 9.00. The van der Waals surface area contributed by atoms with Crippen LogP contribution in [-0.2, 0) is 13.0 Å². The summed E-state index contributed by atoms with van der Waals surface area (Å²) < 4.78 is 1.39. The number of rotatable bonds is 5. The molecule has 0 saturated heterocycles. The summed E-state index contributed by atoms with van der Waals surface area (Å²) in [6, 6.07) is 8.80. The Bertz CT molecular complexity index is 1400. The smallest absolute Gasteiger partial charge is 0.423 e. The zero-order valence-electron chi connectivity index (χ0n) is 19.8. The molecule has 0 spiro atoms. The largest absolute Gasteiger partial charge is 0.488 e. The summed E-state index contributed by atoms with van der Waals surface area (Å²) in [5.74, 6) is 0.0293. The van der Waals surface area contributed by atoms with Crippen LogP contribution >= 0.6 is 34.8 Å². The normalized spacial score (nSPS) is 15.1. The highest BCUT2D eigenvalue weighted by Gasteiger charge is 2.32. The number of benzene rings is 2. The predicted molar refractivity (Wildman–Crippen MR) is 143 cm³/mol. The Morgan fingerprint density at radius 2 is 1.83 bits per heavy atom. The molecule has 3 aromatic rings. The monoisotopic (exact) mass is 548 g/mol. The summed E-state index contributed by atoms with van der Waals surface area (Å²) >= 11 is 18.6. The van der Waals surface area contributed by atoms with E-state index in [2.05, 4.69) is 5.32 Å². The van der Waals surface area contributed by atoms with E-state index >= 15 is 0 Å². The fourth-order valence-electron chi connectivity index (χ4n) is 4.17. The number of nitrogens with one attached hydrogen (secondary N) is 1. The molecule has 188 valence electrons. The zero-order chi connectivity index (χ0) is 26.3. The Hall–Kier alpha value is -2.56. The molecule has 1 atom stereocenters. The lowest BCUT2D eigenvalue weighted by molar-refractivity contribution is 0.0653. The second kappa shape index (κ2) is 10.4. The minimum absolute atomic E-state index is 0.0602. The quantitative estimate of drug-likeness (QED) is 0.422. The summed E-state index contributed by atoms with van der Waals surface area (Å²) in [7, 11) is -1.69. The summed E-state index contributed by atoms with van der Waals surface area (Å²) in [6.07, 6.45) is 0.293. The van der Waals surface area contributed by atoms with Gasteiger partial charge in [-0.2, -0.15) is 0 Å². The van der Waals surface area contributed by atoms with Crippen LogP contribution in [0.1, 0.15) is 42.4 Å². The Morgan fingerprint density at radius 1 is 1.11 bits per heavy atom. The first-order valence-corrected chi connectivity index (χ1v) is 12.4. The van der Waals surface area contributed by atoms with Gasteiger partial charge in [0.1, 0.15) is 0 Å². The Labute approximate surface area is 223 Å². The van der Waals surface area contributed by atoms with Gasteiger partial charge in [0.15, 0.2) is 0 Å². The first kappa shape index (κ1) is 26.5. The van der Waals surface area contributed by atoms with Gasteiger partial charge < -0.3 is 20.3 Å². The summed E-state index contributed by atoms with van der Waals surface area (Å²) in [4.78, 5) is 33.4. The van der Waals surface area contributed by atoms with Crippen molar-refractivity contribution in [3.05, 3.63) is 78.6 Å². The van der Waals surface area contributed by atoms with E-state index in [4.69, 9.17) is 39.8 Å². The number of halogens is 3. The standard InChI is InChI=1S/C24H24BCl3N4O4/c1-12(2)29-24-30-20-11-31(22(33)14-4-6-17(26)18(27)9-14)13(3)8-16(20)23(34)32(24)21-7-5-15(25(35)36)10-19(21)28/h4-7,9-10,12-13,35-36H,8,11H2,1-3H3,(H,29,30)/t13-/m1/s1. The molecular formula is C24H24BCl3N4O4. The molecule has 0 bridgehead atoms. The lowest BCUT2D eigenvalue weighted by Gasteiger charge is -2.35. The van der Waals surface area contributed by atoms with Gasteiger partial charge in [-0.15, -0.1) is 0 Å². The van der Waals surface area contributed by atoms with Crippen LogP contribution in [0, 0.1) is 0 Å². The Balaban J connectivity index is 1.79. The molecule has 2 heterocycles. The van der Waals surface area contributed by atoms with Crippen LogP contribution < -0.4 is 16.3 Å². The third-order valence-corrected chi connectivity index (χ3v) is 7.01. The summed E-state index contributed by atoms with van der Waals surface area (Å²) in [6.45, 7) is 5.82. The van der Waals surface area contributed by atoms with Gasteiger partial charge in [-0.25, -0.2) is 9.55 Å². The van der Waals surface area contributed by atoms with E-state index in [0.717, 1.165) is 0 Å². The molecular weight excluding hydrogens is 525 g/mol. The van der Waals surface area contributed by atoms with Crippen LogP contribution in [-0.4, -0.2) is 49.6 Å². The van der Waals surface area contributed by atoms with E-state index in [1.165, 1.54) is 22.8 Å². The molecule has 1 aliphatic heterocycles. The number of fused-ring (bicyclic) bond motifs is 1. The third-order valence-electron chi connectivity index (χ3n) is 5.97. The molecule has 12 heteroatoms. The van der Waals surface area contributed by atoms with Crippen molar-refractivity contribution in [1.82, 2.24) is 14.5 Å². The van der Waals surface area contributed by atoms with E-state index in [9.17, 15) is 19.6 Å². The number of nitrogens with zero attached hydrogens (tertiary/aromatic N) is 3. The van der Waals surface area contributed by atoms with E-state index in [-0.39, 0.29) is 51.6 Å². The number of carbonyl (C=O) groups is 1. The van der Waals surface area contributed by atoms with Crippen molar-refractivity contribution in [1.29, 1.82) is 0 Å². The van der Waals surface area contributed by atoms with Gasteiger partial charge in [-0.3, -0.25) is 9.59 Å². The number of carbonyl (C=O) groups excluding carboxylic acids is 1. The topological polar surface area (TPSA) is 108 Å². The molecule has 36 heavy (non-hydrogen) atoms. The number of hydrogen-bond donors (Lipinski definition) is 3. The maximum atomic E-state index is 13.8. The summed E-state index contributed by atoms with van der Waals surface area (Å²) in [5.41, 5.74) is 1.61. The summed E-state index contributed by atoms with van der Waals surface area (Å²) in [5, 5.41) is 22.9. The van der Waals surface area contributed by atoms with Crippen LogP contribution in [0.2, 0.25) is 15.1 Å². The average Bonchev–Trinajstić information content (AvgIpc) is 2.81. The second-order valence-corrected chi connectivity index (χ2v) is 10.2. The van der Waals surface area contributed by atoms with Crippen LogP contribution in [0.15, 0.2) is 41.2 Å². The Kier molecular flexibility index (Phi) is 7.68. The van der Waals surface area contributed by atoms with Crippen molar-refractivity contribution >= 4 is 59.2 Å². The number of hydrogen-bond acceptors (Lipinski definition) is 6. The fourth-order valence-corrected chi connectivity index (χ4v) is 4.74.